The predicted molar refractivity (Wildman–Crippen MR) is 128 cm³/mol. The van der Waals surface area contributed by atoms with E-state index in [1.165, 1.54) is 0 Å². The molecule has 0 radical (unpaired) electrons. The van der Waals surface area contributed by atoms with E-state index in [1.54, 1.807) is 0 Å². The molecule has 0 bridgehead atoms. The Bertz CT molecular complexity index is 506. The summed E-state index contributed by atoms with van der Waals surface area (Å²) < 4.78 is 0. The van der Waals surface area contributed by atoms with Gasteiger partial charge in [0.1, 0.15) is 0 Å². The van der Waals surface area contributed by atoms with Crippen LogP contribution in [0.2, 0.25) is 0 Å². The normalized spacial score (nSPS) is 8.51. The fourth-order valence-corrected chi connectivity index (χ4v) is 1.34. The molecule has 0 rings (SSSR count). The number of carbonyl (C=O) groups is 6. The van der Waals surface area contributed by atoms with Gasteiger partial charge >= 0.3 is 0 Å². The number of rotatable bonds is 18. The van der Waals surface area contributed by atoms with E-state index >= 15 is 0 Å². The van der Waals surface area contributed by atoms with Gasteiger partial charge < -0.3 is 90.0 Å². The first-order chi connectivity index (χ1) is 19.6. The molecule has 0 aromatic carbocycles. The van der Waals surface area contributed by atoms with Gasteiger partial charge in [-0.2, -0.15) is 0 Å². The Morgan fingerprint density at radius 3 is 0.419 bits per heavy atom. The van der Waals surface area contributed by atoms with Crippen LogP contribution in [0.3, 0.4) is 0 Å². The summed E-state index contributed by atoms with van der Waals surface area (Å²) in [5.74, 6) is -6.62. The molecule has 0 aliphatic heterocycles. The molecule has 0 atom stereocenters. The van der Waals surface area contributed by atoms with E-state index in [2.05, 4.69) is 0 Å². The van der Waals surface area contributed by atoms with Crippen molar-refractivity contribution >= 4 is 35.8 Å². The summed E-state index contributed by atoms with van der Waals surface area (Å²) >= 11 is 0. The van der Waals surface area contributed by atoms with Crippen molar-refractivity contribution in [2.24, 2.45) is 0 Å². The van der Waals surface area contributed by atoms with Crippen LogP contribution in [0, 0.1) is 0 Å². The summed E-state index contributed by atoms with van der Waals surface area (Å²) in [7, 11) is 0. The number of aliphatic hydroxyl groups is 6. The van der Waals surface area contributed by atoms with Gasteiger partial charge in [0.2, 0.25) is 0 Å². The summed E-state index contributed by atoms with van der Waals surface area (Å²) in [4.78, 5) is 57.2. The number of carboxylic acid groups (broad SMARTS) is 6. The quantitative estimate of drug-likeness (QED) is 0.0718. The van der Waals surface area contributed by atoms with Crippen molar-refractivity contribution in [1.82, 2.24) is 0 Å². The predicted octanol–water partition coefficient (Wildman–Crippen LogP) is -8.95. The maximum absolute atomic E-state index is 9.54. The van der Waals surface area contributed by atoms with Crippen molar-refractivity contribution < 1.29 is 111 Å². The molecule has 0 saturated heterocycles. The van der Waals surface area contributed by atoms with Gasteiger partial charge in [0.25, 0.3) is 0 Å². The minimum Gasteiger partial charge on any atom is -0.550 e. The SMILES string of the molecule is O=C([O-])CCCO.O=C([O-])CCCO.O=C([O-])CCCO.O=C([O-])CCCO.O=C([O-])CCCO.O=C([O-])CCCO.[Mo]. The summed E-state index contributed by atoms with van der Waals surface area (Å²) in [6.07, 6.45) is 1.49. The van der Waals surface area contributed by atoms with E-state index < -0.39 is 35.8 Å². The molecule has 0 unspecified atom stereocenters. The third-order valence-corrected chi connectivity index (χ3v) is 3.23. The monoisotopic (exact) mass is 716 g/mol. The molecule has 19 heteroatoms. The zero-order chi connectivity index (χ0) is 34.2. The Labute approximate surface area is 263 Å². The molecule has 6 N–H and O–H groups in total. The molecular weight excluding hydrogens is 672 g/mol. The molecular formula is C24H42MoO18-6. The smallest absolute Gasteiger partial charge is 0.0434 e. The first kappa shape index (κ1) is 56.1. The summed E-state index contributed by atoms with van der Waals surface area (Å²) in [6.45, 7) is -0.453. The number of aliphatic carboxylic acids is 6. The van der Waals surface area contributed by atoms with Gasteiger partial charge in [-0.25, -0.2) is 0 Å². The van der Waals surface area contributed by atoms with Crippen molar-refractivity contribution in [3.05, 3.63) is 0 Å². The van der Waals surface area contributed by atoms with Crippen LogP contribution in [0.1, 0.15) is 77.0 Å². The fraction of sp³-hybridized carbons (Fsp3) is 0.750. The second-order valence-corrected chi connectivity index (χ2v) is 7.20. The van der Waals surface area contributed by atoms with E-state index in [4.69, 9.17) is 30.6 Å². The Balaban J connectivity index is -0.0000000720. The summed E-state index contributed by atoms with van der Waals surface area (Å²) in [6, 6.07) is 0. The number of hydrogen-bond donors (Lipinski definition) is 6. The van der Waals surface area contributed by atoms with E-state index in [-0.39, 0.29) is 99.2 Å². The van der Waals surface area contributed by atoms with Crippen molar-refractivity contribution in [2.45, 2.75) is 77.0 Å². The third-order valence-electron chi connectivity index (χ3n) is 3.23. The number of carboxylic acids is 6. The van der Waals surface area contributed by atoms with Crippen molar-refractivity contribution in [2.75, 3.05) is 39.6 Å². The number of hydrogen-bond acceptors (Lipinski definition) is 18. The van der Waals surface area contributed by atoms with Crippen LogP contribution in [0.5, 0.6) is 0 Å². The summed E-state index contributed by atoms with van der Waals surface area (Å²) in [5, 5.41) is 105. The Morgan fingerprint density at radius 1 is 0.302 bits per heavy atom. The zero-order valence-corrected chi connectivity index (χ0v) is 25.7. The van der Waals surface area contributed by atoms with Gasteiger partial charge in [-0.05, 0) is 77.0 Å². The molecule has 0 spiro atoms. The molecule has 258 valence electrons. The Kier molecular flexibility index (Phi) is 67.8. The number of aliphatic hydroxyl groups excluding tert-OH is 6. The average molecular weight is 715 g/mol. The van der Waals surface area contributed by atoms with Crippen molar-refractivity contribution in [3.8, 4) is 0 Å². The molecule has 0 amide bonds. The van der Waals surface area contributed by atoms with Crippen LogP contribution in [0.15, 0.2) is 0 Å². The van der Waals surface area contributed by atoms with Gasteiger partial charge in [0.15, 0.2) is 0 Å². The Morgan fingerprint density at radius 2 is 0.395 bits per heavy atom. The molecule has 43 heavy (non-hydrogen) atoms. The van der Waals surface area contributed by atoms with Gasteiger partial charge in [-0.3, -0.25) is 0 Å². The summed E-state index contributed by atoms with van der Waals surface area (Å²) in [5.41, 5.74) is 0. The van der Waals surface area contributed by atoms with E-state index in [0.29, 0.717) is 38.5 Å². The second kappa shape index (κ2) is 52.0. The van der Waals surface area contributed by atoms with Gasteiger partial charge in [-0.1, -0.05) is 0 Å². The third kappa shape index (κ3) is 121. The minimum atomic E-state index is -1.10. The fourth-order valence-electron chi connectivity index (χ4n) is 1.34. The molecule has 0 heterocycles. The molecule has 0 saturated carbocycles. The van der Waals surface area contributed by atoms with Gasteiger partial charge in [-0.15, -0.1) is 0 Å². The zero-order valence-electron chi connectivity index (χ0n) is 23.7. The van der Waals surface area contributed by atoms with Gasteiger partial charge in [0, 0.05) is 96.5 Å². The molecule has 0 fully saturated rings. The average Bonchev–Trinajstić information content (AvgIpc) is 2.91. The first-order valence-corrected chi connectivity index (χ1v) is 12.5. The number of carbonyl (C=O) groups excluding carboxylic acids is 6. The van der Waals surface area contributed by atoms with Crippen molar-refractivity contribution in [3.63, 3.8) is 0 Å². The van der Waals surface area contributed by atoms with Crippen LogP contribution in [0.25, 0.3) is 0 Å². The van der Waals surface area contributed by atoms with E-state index in [9.17, 15) is 59.4 Å². The maximum atomic E-state index is 9.54. The maximum Gasteiger partial charge on any atom is 0.0434 e. The van der Waals surface area contributed by atoms with E-state index in [1.807, 2.05) is 0 Å². The van der Waals surface area contributed by atoms with Gasteiger partial charge in [0.05, 0.1) is 0 Å². The molecule has 0 aliphatic rings. The van der Waals surface area contributed by atoms with Crippen molar-refractivity contribution in [1.29, 1.82) is 0 Å². The standard InChI is InChI=1S/6C4H8O3.Mo/c6*5-3-1-2-4(6)7;/h6*5H,1-3H2,(H,6,7);/p-6. The first-order valence-electron chi connectivity index (χ1n) is 12.5. The molecule has 0 aromatic rings. The van der Waals surface area contributed by atoms with Crippen LogP contribution < -0.4 is 30.6 Å². The Hall–Kier alpha value is -2.73. The molecule has 18 nitrogen and oxygen atoms in total. The second-order valence-electron chi connectivity index (χ2n) is 7.20. The van der Waals surface area contributed by atoms with Crippen LogP contribution in [-0.4, -0.2) is 106 Å². The van der Waals surface area contributed by atoms with Crippen LogP contribution in [0.4, 0.5) is 0 Å². The van der Waals surface area contributed by atoms with Crippen LogP contribution in [-0.2, 0) is 49.8 Å². The molecule has 0 aromatic heterocycles. The van der Waals surface area contributed by atoms with E-state index in [0.717, 1.165) is 0 Å². The minimum absolute atomic E-state index is 0. The largest absolute Gasteiger partial charge is 0.550 e. The molecule has 0 aliphatic carbocycles. The van der Waals surface area contributed by atoms with Crippen LogP contribution >= 0.6 is 0 Å². The topological polar surface area (TPSA) is 362 Å².